The first-order valence-electron chi connectivity index (χ1n) is 7.09. The molecule has 0 unspecified atom stereocenters. The molecule has 1 amide bonds. The molecule has 4 heteroatoms. The molecule has 0 bridgehead atoms. The molecule has 1 aromatic heterocycles. The normalized spacial score (nSPS) is 17.5. The molecular weight excluding hydrogens is 278 g/mol. The molecule has 1 N–H and O–H groups in total. The highest BCUT2D eigenvalue weighted by atomic mass is 35.5. The van der Waals surface area contributed by atoms with Crippen LogP contribution in [-0.4, -0.2) is 18.3 Å². The average molecular weight is 300 g/mol. The topological polar surface area (TPSA) is 29.1 Å². The summed E-state index contributed by atoms with van der Waals surface area (Å²) in [6.07, 6.45) is 7.38. The summed E-state index contributed by atoms with van der Waals surface area (Å²) in [5.41, 5.74) is 0.172. The van der Waals surface area contributed by atoms with Crippen LogP contribution in [-0.2, 0) is 11.2 Å². The second-order valence-electron chi connectivity index (χ2n) is 5.55. The lowest BCUT2D eigenvalue weighted by atomic mass is 9.88. The monoisotopic (exact) mass is 299 g/mol. The number of alkyl halides is 1. The first-order valence-corrected chi connectivity index (χ1v) is 8.51. The van der Waals surface area contributed by atoms with Gasteiger partial charge in [0.15, 0.2) is 0 Å². The van der Waals surface area contributed by atoms with Crippen molar-refractivity contribution in [2.45, 2.75) is 44.9 Å². The minimum Gasteiger partial charge on any atom is -0.356 e. The Labute approximate surface area is 124 Å². The quantitative estimate of drug-likeness (QED) is 0.758. The minimum atomic E-state index is 0.172. The summed E-state index contributed by atoms with van der Waals surface area (Å²) in [5.74, 6) is 0.843. The first kappa shape index (κ1) is 14.9. The van der Waals surface area contributed by atoms with Crippen molar-refractivity contribution in [3.63, 3.8) is 0 Å². The van der Waals surface area contributed by atoms with Crippen molar-refractivity contribution in [1.29, 1.82) is 0 Å². The van der Waals surface area contributed by atoms with E-state index in [1.54, 1.807) is 11.3 Å². The molecule has 0 saturated heterocycles. The number of halogens is 1. The summed E-state index contributed by atoms with van der Waals surface area (Å²) in [4.78, 5) is 13.2. The van der Waals surface area contributed by atoms with Crippen LogP contribution >= 0.6 is 22.9 Å². The predicted octanol–water partition coefficient (Wildman–Crippen LogP) is 3.99. The van der Waals surface area contributed by atoms with Gasteiger partial charge in [0.25, 0.3) is 0 Å². The second kappa shape index (κ2) is 7.30. The molecule has 1 aliphatic carbocycles. The van der Waals surface area contributed by atoms with E-state index in [1.807, 2.05) is 0 Å². The van der Waals surface area contributed by atoms with Crippen molar-refractivity contribution >= 4 is 28.8 Å². The van der Waals surface area contributed by atoms with E-state index in [0.717, 1.165) is 32.2 Å². The maximum atomic E-state index is 11.8. The molecule has 0 spiro atoms. The summed E-state index contributed by atoms with van der Waals surface area (Å²) in [5, 5.41) is 5.16. The van der Waals surface area contributed by atoms with Gasteiger partial charge in [0.1, 0.15) is 0 Å². The predicted molar refractivity (Wildman–Crippen MR) is 81.9 cm³/mol. The number of amides is 1. The smallest absolute Gasteiger partial charge is 0.220 e. The van der Waals surface area contributed by atoms with Crippen LogP contribution in [0.4, 0.5) is 0 Å². The lowest BCUT2D eigenvalue weighted by molar-refractivity contribution is -0.121. The van der Waals surface area contributed by atoms with E-state index in [0.29, 0.717) is 12.3 Å². The van der Waals surface area contributed by atoms with Gasteiger partial charge >= 0.3 is 0 Å². The molecular formula is C15H22ClNOS. The molecule has 0 atom stereocenters. The molecule has 19 heavy (non-hydrogen) atoms. The summed E-state index contributed by atoms with van der Waals surface area (Å²) >= 11 is 7.83. The fraction of sp³-hybridized carbons (Fsp3) is 0.667. The summed E-state index contributed by atoms with van der Waals surface area (Å²) in [6, 6.07) is 4.19. The third-order valence-corrected chi connectivity index (χ3v) is 5.52. The standard InChI is InChI=1S/C15H22ClNOS/c16-11-15(8-1-2-9-15)12-17-14(18)7-3-5-13-6-4-10-19-13/h4,6,10H,1-3,5,7-9,11-12H2,(H,17,18). The first-order chi connectivity index (χ1) is 9.24. The Hall–Kier alpha value is -0.540. The largest absolute Gasteiger partial charge is 0.356 e. The van der Waals surface area contributed by atoms with Gasteiger partial charge in [0.2, 0.25) is 5.91 Å². The Morgan fingerprint density at radius 2 is 2.21 bits per heavy atom. The van der Waals surface area contributed by atoms with Crippen molar-refractivity contribution in [1.82, 2.24) is 5.32 Å². The van der Waals surface area contributed by atoms with Gasteiger partial charge < -0.3 is 5.32 Å². The van der Waals surface area contributed by atoms with Crippen LogP contribution in [0.25, 0.3) is 0 Å². The summed E-state index contributed by atoms with van der Waals surface area (Å²) in [6.45, 7) is 0.758. The van der Waals surface area contributed by atoms with E-state index in [1.165, 1.54) is 17.7 Å². The van der Waals surface area contributed by atoms with Crippen molar-refractivity contribution in [3.8, 4) is 0 Å². The van der Waals surface area contributed by atoms with E-state index in [4.69, 9.17) is 11.6 Å². The van der Waals surface area contributed by atoms with Gasteiger partial charge in [-0.05, 0) is 37.1 Å². The van der Waals surface area contributed by atoms with Gasteiger partial charge in [-0.25, -0.2) is 0 Å². The third-order valence-electron chi connectivity index (χ3n) is 4.02. The third kappa shape index (κ3) is 4.50. The van der Waals surface area contributed by atoms with Gasteiger partial charge in [-0.2, -0.15) is 0 Å². The minimum absolute atomic E-state index is 0.172. The Morgan fingerprint density at radius 1 is 1.42 bits per heavy atom. The average Bonchev–Trinajstić information content (AvgIpc) is 3.08. The second-order valence-corrected chi connectivity index (χ2v) is 6.85. The van der Waals surface area contributed by atoms with Gasteiger partial charge in [-0.15, -0.1) is 22.9 Å². The Balaban J connectivity index is 1.64. The number of nitrogens with one attached hydrogen (secondary N) is 1. The molecule has 106 valence electrons. The maximum Gasteiger partial charge on any atom is 0.220 e. The van der Waals surface area contributed by atoms with Gasteiger partial charge in [-0.3, -0.25) is 4.79 Å². The molecule has 1 saturated carbocycles. The molecule has 0 aromatic carbocycles. The highest BCUT2D eigenvalue weighted by molar-refractivity contribution is 7.09. The van der Waals surface area contributed by atoms with E-state index in [2.05, 4.69) is 22.8 Å². The van der Waals surface area contributed by atoms with E-state index < -0.39 is 0 Å². The Bertz CT molecular complexity index is 385. The van der Waals surface area contributed by atoms with Crippen LogP contribution in [0.15, 0.2) is 17.5 Å². The van der Waals surface area contributed by atoms with Crippen LogP contribution in [0.2, 0.25) is 0 Å². The molecule has 1 aliphatic rings. The van der Waals surface area contributed by atoms with E-state index in [9.17, 15) is 4.79 Å². The molecule has 1 aromatic rings. The molecule has 1 heterocycles. The van der Waals surface area contributed by atoms with Crippen molar-refractivity contribution in [2.24, 2.45) is 5.41 Å². The van der Waals surface area contributed by atoms with Gasteiger partial charge in [-0.1, -0.05) is 18.9 Å². The fourth-order valence-corrected chi connectivity index (χ4v) is 3.85. The van der Waals surface area contributed by atoms with Crippen LogP contribution in [0.3, 0.4) is 0 Å². The van der Waals surface area contributed by atoms with E-state index >= 15 is 0 Å². The number of carbonyl (C=O) groups excluding carboxylic acids is 1. The number of hydrogen-bond acceptors (Lipinski definition) is 2. The van der Waals surface area contributed by atoms with E-state index in [-0.39, 0.29) is 11.3 Å². The highest BCUT2D eigenvalue weighted by Gasteiger charge is 2.33. The molecule has 1 fully saturated rings. The number of aryl methyl sites for hydroxylation is 1. The van der Waals surface area contributed by atoms with Crippen LogP contribution in [0, 0.1) is 5.41 Å². The SMILES string of the molecule is O=C(CCCc1cccs1)NCC1(CCl)CCCC1. The zero-order chi connectivity index (χ0) is 13.6. The lowest BCUT2D eigenvalue weighted by Gasteiger charge is -2.26. The van der Waals surface area contributed by atoms with Gasteiger partial charge in [0.05, 0.1) is 0 Å². The van der Waals surface area contributed by atoms with Crippen LogP contribution < -0.4 is 5.32 Å². The zero-order valence-corrected chi connectivity index (χ0v) is 12.9. The molecule has 0 radical (unpaired) electrons. The summed E-state index contributed by atoms with van der Waals surface area (Å²) in [7, 11) is 0. The molecule has 2 rings (SSSR count). The zero-order valence-electron chi connectivity index (χ0n) is 11.3. The Kier molecular flexibility index (Phi) is 5.71. The maximum absolute atomic E-state index is 11.8. The number of carbonyl (C=O) groups is 1. The summed E-state index contributed by atoms with van der Waals surface area (Å²) < 4.78 is 0. The number of hydrogen-bond donors (Lipinski definition) is 1. The van der Waals surface area contributed by atoms with Crippen molar-refractivity contribution < 1.29 is 4.79 Å². The highest BCUT2D eigenvalue weighted by Crippen LogP contribution is 2.38. The lowest BCUT2D eigenvalue weighted by Crippen LogP contribution is -2.37. The van der Waals surface area contributed by atoms with Crippen molar-refractivity contribution in [2.75, 3.05) is 12.4 Å². The van der Waals surface area contributed by atoms with Crippen molar-refractivity contribution in [3.05, 3.63) is 22.4 Å². The number of thiophene rings is 1. The van der Waals surface area contributed by atoms with Crippen LogP contribution in [0.1, 0.15) is 43.4 Å². The fourth-order valence-electron chi connectivity index (χ4n) is 2.74. The van der Waals surface area contributed by atoms with Gasteiger partial charge in [0, 0.05) is 29.1 Å². The Morgan fingerprint density at radius 3 is 2.84 bits per heavy atom. The molecule has 0 aliphatic heterocycles. The van der Waals surface area contributed by atoms with Crippen LogP contribution in [0.5, 0.6) is 0 Å². The number of rotatable bonds is 7. The molecule has 2 nitrogen and oxygen atoms in total.